The summed E-state index contributed by atoms with van der Waals surface area (Å²) in [5.74, 6) is 0.515. The monoisotopic (exact) mass is 402 g/mol. The summed E-state index contributed by atoms with van der Waals surface area (Å²) in [6, 6.07) is 11.6. The highest BCUT2D eigenvalue weighted by Gasteiger charge is 2.20. The summed E-state index contributed by atoms with van der Waals surface area (Å²) in [5, 5.41) is 9.40. The normalized spacial score (nSPS) is 12.1. The molecule has 1 N–H and O–H groups in total. The molecular formula is C23H30O6. The van der Waals surface area contributed by atoms with E-state index in [4.69, 9.17) is 18.9 Å². The molecule has 0 fully saturated rings. The van der Waals surface area contributed by atoms with Crippen LogP contribution in [-0.2, 0) is 33.9 Å². The van der Waals surface area contributed by atoms with Crippen LogP contribution in [0, 0.1) is 6.92 Å². The fourth-order valence-corrected chi connectivity index (χ4v) is 3.05. The quantitative estimate of drug-likeness (QED) is 0.609. The van der Waals surface area contributed by atoms with Crippen molar-refractivity contribution >= 4 is 5.97 Å². The maximum absolute atomic E-state index is 11.5. The summed E-state index contributed by atoms with van der Waals surface area (Å²) in [5.41, 5.74) is 3.79. The van der Waals surface area contributed by atoms with Crippen molar-refractivity contribution in [2.24, 2.45) is 0 Å². The number of carbonyl (C=O) groups is 1. The van der Waals surface area contributed by atoms with Gasteiger partial charge in [-0.1, -0.05) is 18.2 Å². The zero-order valence-corrected chi connectivity index (χ0v) is 17.7. The fourth-order valence-electron chi connectivity index (χ4n) is 3.05. The fraction of sp³-hybridized carbons (Fsp3) is 0.435. The summed E-state index contributed by atoms with van der Waals surface area (Å²) in [7, 11) is 3.24. The van der Waals surface area contributed by atoms with E-state index in [-0.39, 0.29) is 12.5 Å². The predicted molar refractivity (Wildman–Crippen MR) is 111 cm³/mol. The van der Waals surface area contributed by atoms with E-state index in [1.807, 2.05) is 57.2 Å². The Hall–Kier alpha value is -2.57. The number of rotatable bonds is 11. The topological polar surface area (TPSA) is 74.2 Å². The van der Waals surface area contributed by atoms with Crippen molar-refractivity contribution in [1.29, 1.82) is 0 Å². The van der Waals surface area contributed by atoms with Gasteiger partial charge in [0, 0.05) is 17.5 Å². The second kappa shape index (κ2) is 10.8. The molecule has 2 rings (SSSR count). The minimum atomic E-state index is -0.973. The average Bonchev–Trinajstić information content (AvgIpc) is 2.68. The molecule has 0 aliphatic carbocycles. The largest absolute Gasteiger partial charge is 0.496 e. The van der Waals surface area contributed by atoms with Crippen LogP contribution in [0.3, 0.4) is 0 Å². The van der Waals surface area contributed by atoms with Crippen LogP contribution >= 0.6 is 0 Å². The average molecular weight is 402 g/mol. The Labute approximate surface area is 172 Å². The predicted octanol–water partition coefficient (Wildman–Crippen LogP) is 4.15. The third-order valence-corrected chi connectivity index (χ3v) is 4.44. The molecule has 6 nitrogen and oxygen atoms in total. The number of hydrogen-bond donors (Lipinski definition) is 1. The molecule has 2 aromatic carbocycles. The Kier molecular flexibility index (Phi) is 8.49. The highest BCUT2D eigenvalue weighted by molar-refractivity contribution is 5.72. The number of benzene rings is 2. The third kappa shape index (κ3) is 6.76. The van der Waals surface area contributed by atoms with E-state index in [1.165, 1.54) is 0 Å². The Morgan fingerprint density at radius 2 is 1.66 bits per heavy atom. The standard InChI is InChI=1S/C23H30O6/c1-15(2)29-22(23(24)25)12-17-7-9-20(26-4)19(11-17)14-28-13-18-8-6-16(3)10-21(18)27-5/h6-11,15,22H,12-14H2,1-5H3,(H,24,25). The van der Waals surface area contributed by atoms with Crippen LogP contribution in [0.25, 0.3) is 0 Å². The van der Waals surface area contributed by atoms with Crippen LogP contribution < -0.4 is 9.47 Å². The van der Waals surface area contributed by atoms with Crippen LogP contribution in [0.1, 0.15) is 36.1 Å². The molecule has 0 aliphatic heterocycles. The molecule has 0 bridgehead atoms. The van der Waals surface area contributed by atoms with Crippen molar-refractivity contribution < 1.29 is 28.8 Å². The lowest BCUT2D eigenvalue weighted by molar-refractivity contribution is -0.153. The molecule has 0 aliphatic rings. The van der Waals surface area contributed by atoms with E-state index in [0.29, 0.717) is 19.0 Å². The number of hydrogen-bond acceptors (Lipinski definition) is 5. The first-order valence-electron chi connectivity index (χ1n) is 9.59. The van der Waals surface area contributed by atoms with Crippen LogP contribution in [0.5, 0.6) is 11.5 Å². The van der Waals surface area contributed by atoms with Crippen molar-refractivity contribution in [3.8, 4) is 11.5 Å². The molecule has 29 heavy (non-hydrogen) atoms. The lowest BCUT2D eigenvalue weighted by Gasteiger charge is -2.18. The molecule has 0 radical (unpaired) electrons. The van der Waals surface area contributed by atoms with E-state index in [2.05, 4.69) is 0 Å². The van der Waals surface area contributed by atoms with E-state index in [9.17, 15) is 9.90 Å². The summed E-state index contributed by atoms with van der Waals surface area (Å²) in [6.07, 6.45) is -0.786. The van der Waals surface area contributed by atoms with Gasteiger partial charge >= 0.3 is 5.97 Å². The van der Waals surface area contributed by atoms with Gasteiger partial charge in [-0.15, -0.1) is 0 Å². The van der Waals surface area contributed by atoms with Crippen molar-refractivity contribution in [2.45, 2.75) is 52.6 Å². The smallest absolute Gasteiger partial charge is 0.333 e. The lowest BCUT2D eigenvalue weighted by Crippen LogP contribution is -2.29. The molecule has 0 saturated heterocycles. The molecule has 0 heterocycles. The molecule has 2 aromatic rings. The minimum Gasteiger partial charge on any atom is -0.496 e. The van der Waals surface area contributed by atoms with E-state index >= 15 is 0 Å². The molecule has 158 valence electrons. The Bertz CT molecular complexity index is 815. The van der Waals surface area contributed by atoms with E-state index in [1.54, 1.807) is 14.2 Å². The second-order valence-electron chi connectivity index (χ2n) is 7.17. The number of carboxylic acid groups (broad SMARTS) is 1. The van der Waals surface area contributed by atoms with Crippen molar-refractivity contribution in [1.82, 2.24) is 0 Å². The van der Waals surface area contributed by atoms with Crippen LogP contribution in [-0.4, -0.2) is 37.5 Å². The van der Waals surface area contributed by atoms with Gasteiger partial charge in [-0.3, -0.25) is 0 Å². The van der Waals surface area contributed by atoms with Crippen molar-refractivity contribution in [3.05, 3.63) is 58.7 Å². The van der Waals surface area contributed by atoms with Gasteiger partial charge in [0.1, 0.15) is 11.5 Å². The molecule has 1 unspecified atom stereocenters. The van der Waals surface area contributed by atoms with Gasteiger partial charge in [0.05, 0.1) is 33.5 Å². The molecular weight excluding hydrogens is 372 g/mol. The van der Waals surface area contributed by atoms with Gasteiger partial charge in [-0.05, 0) is 50.1 Å². The number of methoxy groups -OCH3 is 2. The molecule has 0 saturated carbocycles. The highest BCUT2D eigenvalue weighted by Crippen LogP contribution is 2.25. The van der Waals surface area contributed by atoms with Gasteiger partial charge in [-0.2, -0.15) is 0 Å². The first-order valence-corrected chi connectivity index (χ1v) is 9.59. The molecule has 1 atom stereocenters. The number of carboxylic acids is 1. The van der Waals surface area contributed by atoms with Gasteiger partial charge in [0.25, 0.3) is 0 Å². The maximum Gasteiger partial charge on any atom is 0.333 e. The van der Waals surface area contributed by atoms with Gasteiger partial charge in [-0.25, -0.2) is 4.79 Å². The zero-order chi connectivity index (χ0) is 21.4. The molecule has 0 amide bonds. The Morgan fingerprint density at radius 3 is 2.28 bits per heavy atom. The molecule has 0 aromatic heterocycles. The molecule has 6 heteroatoms. The highest BCUT2D eigenvalue weighted by atomic mass is 16.5. The van der Waals surface area contributed by atoms with Crippen LogP contribution in [0.4, 0.5) is 0 Å². The van der Waals surface area contributed by atoms with Gasteiger partial charge < -0.3 is 24.1 Å². The van der Waals surface area contributed by atoms with E-state index in [0.717, 1.165) is 28.0 Å². The van der Waals surface area contributed by atoms with Crippen LogP contribution in [0.2, 0.25) is 0 Å². The number of aryl methyl sites for hydroxylation is 1. The van der Waals surface area contributed by atoms with Crippen molar-refractivity contribution in [3.63, 3.8) is 0 Å². The summed E-state index contributed by atoms with van der Waals surface area (Å²) < 4.78 is 22.3. The second-order valence-corrected chi connectivity index (χ2v) is 7.17. The minimum absolute atomic E-state index is 0.165. The SMILES string of the molecule is COc1ccc(CC(OC(C)C)C(=O)O)cc1COCc1ccc(C)cc1OC. The lowest BCUT2D eigenvalue weighted by atomic mass is 10.0. The van der Waals surface area contributed by atoms with Gasteiger partial charge in [0.15, 0.2) is 6.10 Å². The number of ether oxygens (including phenoxy) is 4. The maximum atomic E-state index is 11.5. The summed E-state index contributed by atoms with van der Waals surface area (Å²) in [4.78, 5) is 11.5. The number of aliphatic carboxylic acids is 1. The van der Waals surface area contributed by atoms with E-state index < -0.39 is 12.1 Å². The van der Waals surface area contributed by atoms with Gasteiger partial charge in [0.2, 0.25) is 0 Å². The summed E-state index contributed by atoms with van der Waals surface area (Å²) in [6.45, 7) is 6.38. The van der Waals surface area contributed by atoms with Crippen LogP contribution in [0.15, 0.2) is 36.4 Å². The zero-order valence-electron chi connectivity index (χ0n) is 17.7. The van der Waals surface area contributed by atoms with Crippen molar-refractivity contribution in [2.75, 3.05) is 14.2 Å². The Morgan fingerprint density at radius 1 is 0.966 bits per heavy atom. The third-order valence-electron chi connectivity index (χ3n) is 4.44. The summed E-state index contributed by atoms with van der Waals surface area (Å²) >= 11 is 0. The molecule has 0 spiro atoms. The first kappa shape index (κ1) is 22.7. The Balaban J connectivity index is 2.09. The first-order chi connectivity index (χ1) is 13.8.